The summed E-state index contributed by atoms with van der Waals surface area (Å²) in [5.74, 6) is 0. The lowest BCUT2D eigenvalue weighted by Crippen LogP contribution is -1.91. The van der Waals surface area contributed by atoms with E-state index >= 15 is 0 Å². The van der Waals surface area contributed by atoms with Crippen molar-refractivity contribution in [3.63, 3.8) is 0 Å². The van der Waals surface area contributed by atoms with Gasteiger partial charge >= 0.3 is 0 Å². The molecule has 288 valence electrons. The number of aryl methyl sites for hydroxylation is 2. The zero-order chi connectivity index (χ0) is 41.1. The molecule has 0 amide bonds. The Morgan fingerprint density at radius 1 is 0.306 bits per heavy atom. The largest absolute Gasteiger partial charge is 0.399 e. The van der Waals surface area contributed by atoms with Crippen molar-refractivity contribution in [1.82, 2.24) is 0 Å². The van der Waals surface area contributed by atoms with Crippen molar-refractivity contribution in [2.45, 2.75) is 13.8 Å². The highest BCUT2D eigenvalue weighted by Crippen LogP contribution is 2.54. The van der Waals surface area contributed by atoms with Gasteiger partial charge in [0.2, 0.25) is 0 Å². The minimum atomic E-state index is 0.768. The third-order valence-electron chi connectivity index (χ3n) is 14.3. The molecular weight excluding hydrogens is 749 g/mol. The summed E-state index contributed by atoms with van der Waals surface area (Å²) >= 11 is 0. The van der Waals surface area contributed by atoms with Crippen LogP contribution in [0.3, 0.4) is 0 Å². The summed E-state index contributed by atoms with van der Waals surface area (Å²) in [6.45, 7) is 4.43. The van der Waals surface area contributed by atoms with Crippen molar-refractivity contribution in [3.8, 4) is 66.8 Å². The molecule has 0 unspecified atom stereocenters. The van der Waals surface area contributed by atoms with Gasteiger partial charge in [0.05, 0.1) is 0 Å². The monoisotopic (exact) mass is 786 g/mol. The van der Waals surface area contributed by atoms with Crippen LogP contribution in [0.1, 0.15) is 11.1 Å². The number of anilines is 2. The van der Waals surface area contributed by atoms with Gasteiger partial charge in [0, 0.05) is 22.3 Å². The van der Waals surface area contributed by atoms with Gasteiger partial charge in [-0.1, -0.05) is 121 Å². The van der Waals surface area contributed by atoms with Crippen molar-refractivity contribution < 1.29 is 0 Å². The molecule has 0 saturated heterocycles. The van der Waals surface area contributed by atoms with Crippen LogP contribution in [0, 0.1) is 13.8 Å². The van der Waals surface area contributed by atoms with Crippen LogP contribution < -0.4 is 11.5 Å². The van der Waals surface area contributed by atoms with Gasteiger partial charge in [0.15, 0.2) is 0 Å². The topological polar surface area (TPSA) is 52.0 Å². The van der Waals surface area contributed by atoms with Crippen LogP contribution >= 0.6 is 0 Å². The first-order valence-corrected chi connectivity index (χ1v) is 21.6. The highest BCUT2D eigenvalue weighted by molar-refractivity contribution is 6.31. The van der Waals surface area contributed by atoms with E-state index in [4.69, 9.17) is 11.5 Å². The van der Waals surface area contributed by atoms with E-state index < -0.39 is 0 Å². The van der Waals surface area contributed by atoms with Crippen LogP contribution in [0.25, 0.3) is 142 Å². The minimum absolute atomic E-state index is 0.768. The van der Waals surface area contributed by atoms with Crippen molar-refractivity contribution in [3.05, 3.63) is 181 Å². The van der Waals surface area contributed by atoms with Crippen LogP contribution in [0.15, 0.2) is 170 Å². The van der Waals surface area contributed by atoms with Gasteiger partial charge in [-0.05, 0) is 205 Å². The maximum Gasteiger partial charge on any atom is 0.0400 e. The molecule has 2 aliphatic rings. The standard InChI is InChI=1S/C60H38N2/c1-31-11-18-40-48(23-31)46(27-53-45-21-22-56(62)60-43-10-6-4-8-39(43)55(59(45)60)30-50(40)53)35-15-13-34-25-36(16-14-33(34)24-35)47-28-52-44-19-12-32(2)57-42-9-5-3-7-38(42)54(58(44)57)29-51(52)41-20-17-37(61)26-49(41)47/h3-30H,61-62H2,1-2H3. The Balaban J connectivity index is 0.970. The predicted molar refractivity (Wildman–Crippen MR) is 267 cm³/mol. The van der Waals surface area contributed by atoms with Crippen molar-refractivity contribution in [2.75, 3.05) is 11.5 Å². The molecule has 2 aliphatic carbocycles. The van der Waals surface area contributed by atoms with E-state index in [0.717, 1.165) is 16.9 Å². The Bertz CT molecular complexity index is 3810. The molecule has 0 aliphatic heterocycles. The van der Waals surface area contributed by atoms with Crippen molar-refractivity contribution in [2.24, 2.45) is 0 Å². The molecule has 0 atom stereocenters. The van der Waals surface area contributed by atoms with E-state index in [0.29, 0.717) is 0 Å². The molecule has 62 heavy (non-hydrogen) atoms. The third-order valence-corrected chi connectivity index (χ3v) is 14.3. The van der Waals surface area contributed by atoms with Crippen LogP contribution in [0.4, 0.5) is 11.4 Å². The number of rotatable bonds is 2. The van der Waals surface area contributed by atoms with E-state index in [1.54, 1.807) is 0 Å². The van der Waals surface area contributed by atoms with Crippen LogP contribution in [0.2, 0.25) is 0 Å². The van der Waals surface area contributed by atoms with Gasteiger partial charge in [-0.3, -0.25) is 0 Å². The first-order valence-electron chi connectivity index (χ1n) is 21.6. The second-order valence-corrected chi connectivity index (χ2v) is 17.7. The van der Waals surface area contributed by atoms with E-state index in [1.807, 2.05) is 6.07 Å². The Hall–Kier alpha value is -7.94. The molecule has 2 heteroatoms. The SMILES string of the molecule is Cc1ccc2c(c1)c(-c1ccc3cc(-c4cc5c6ccc(C)c7c6c(cc5c5ccc(N)cc45)-c4ccccc4-7)ccc3c1)cc1c3ccc(N)c4c3c(cc21)-c1ccccc1-4. The van der Waals surface area contributed by atoms with Crippen molar-refractivity contribution >= 4 is 86.8 Å². The number of benzene rings is 12. The van der Waals surface area contributed by atoms with E-state index in [-0.39, 0.29) is 0 Å². The summed E-state index contributed by atoms with van der Waals surface area (Å²) in [5.41, 5.74) is 32.5. The third kappa shape index (κ3) is 4.38. The first-order chi connectivity index (χ1) is 30.4. The smallest absolute Gasteiger partial charge is 0.0400 e. The molecular formula is C60H38N2. The molecule has 0 spiro atoms. The Labute approximate surface area is 358 Å². The second kappa shape index (κ2) is 11.9. The lowest BCUT2D eigenvalue weighted by Gasteiger charge is -2.17. The van der Waals surface area contributed by atoms with Gasteiger partial charge in [0.1, 0.15) is 0 Å². The fraction of sp³-hybridized carbons (Fsp3) is 0.0333. The highest BCUT2D eigenvalue weighted by Gasteiger charge is 2.27. The molecule has 0 heterocycles. The lowest BCUT2D eigenvalue weighted by atomic mass is 9.87. The first kappa shape index (κ1) is 33.8. The van der Waals surface area contributed by atoms with Crippen LogP contribution in [-0.2, 0) is 0 Å². The quantitative estimate of drug-likeness (QED) is 0.135. The molecule has 0 aromatic heterocycles. The van der Waals surface area contributed by atoms with Crippen molar-refractivity contribution in [1.29, 1.82) is 0 Å². The molecule has 2 nitrogen and oxygen atoms in total. The maximum absolute atomic E-state index is 6.73. The van der Waals surface area contributed by atoms with Gasteiger partial charge in [-0.25, -0.2) is 0 Å². The number of hydrogen-bond donors (Lipinski definition) is 2. The molecule has 12 aromatic rings. The van der Waals surface area contributed by atoms with Crippen LogP contribution in [-0.4, -0.2) is 0 Å². The second-order valence-electron chi connectivity index (χ2n) is 17.7. The van der Waals surface area contributed by atoms with E-state index in [1.165, 1.54) is 148 Å². The zero-order valence-corrected chi connectivity index (χ0v) is 34.3. The number of fused-ring (bicyclic) bond motifs is 15. The molecule has 0 bridgehead atoms. The summed E-state index contributed by atoms with van der Waals surface area (Å²) in [7, 11) is 0. The summed E-state index contributed by atoms with van der Waals surface area (Å²) in [6.07, 6.45) is 0. The maximum atomic E-state index is 6.73. The lowest BCUT2D eigenvalue weighted by molar-refractivity contribution is 1.51. The fourth-order valence-electron chi connectivity index (χ4n) is 11.5. The van der Waals surface area contributed by atoms with Gasteiger partial charge in [-0.15, -0.1) is 0 Å². The number of nitrogens with two attached hydrogens (primary N) is 2. The van der Waals surface area contributed by atoms with Gasteiger partial charge in [-0.2, -0.15) is 0 Å². The molecule has 12 aromatic carbocycles. The molecule has 0 saturated carbocycles. The Morgan fingerprint density at radius 2 is 0.790 bits per heavy atom. The Morgan fingerprint density at radius 3 is 1.42 bits per heavy atom. The summed E-state index contributed by atoms with van der Waals surface area (Å²) in [6, 6.07) is 63.5. The zero-order valence-electron chi connectivity index (χ0n) is 34.3. The molecule has 14 rings (SSSR count). The average Bonchev–Trinajstić information content (AvgIpc) is 3.82. The molecule has 4 N–H and O–H groups in total. The summed E-state index contributed by atoms with van der Waals surface area (Å²) < 4.78 is 0. The number of hydrogen-bond acceptors (Lipinski definition) is 2. The highest BCUT2D eigenvalue weighted by atomic mass is 14.6. The fourth-order valence-corrected chi connectivity index (χ4v) is 11.5. The number of nitrogen functional groups attached to an aromatic ring is 2. The van der Waals surface area contributed by atoms with Crippen LogP contribution in [0.5, 0.6) is 0 Å². The van der Waals surface area contributed by atoms with Gasteiger partial charge in [0.25, 0.3) is 0 Å². The minimum Gasteiger partial charge on any atom is -0.399 e. The summed E-state index contributed by atoms with van der Waals surface area (Å²) in [4.78, 5) is 0. The van der Waals surface area contributed by atoms with E-state index in [9.17, 15) is 0 Å². The predicted octanol–water partition coefficient (Wildman–Crippen LogP) is 16.2. The molecule has 0 fully saturated rings. The normalized spacial score (nSPS) is 12.5. The Kier molecular flexibility index (Phi) is 6.48. The average molecular weight is 787 g/mol. The summed E-state index contributed by atoms with van der Waals surface area (Å²) in [5, 5.41) is 17.6. The van der Waals surface area contributed by atoms with Gasteiger partial charge < -0.3 is 11.5 Å². The van der Waals surface area contributed by atoms with E-state index in [2.05, 4.69) is 178 Å². The molecule has 0 radical (unpaired) electrons.